The summed E-state index contributed by atoms with van der Waals surface area (Å²) in [6.07, 6.45) is 0.959. The van der Waals surface area contributed by atoms with Crippen molar-refractivity contribution in [3.05, 3.63) is 64.5 Å². The lowest BCUT2D eigenvalue weighted by Crippen LogP contribution is -2.37. The van der Waals surface area contributed by atoms with Gasteiger partial charge in [-0.15, -0.1) is 24.0 Å². The molecule has 6 nitrogen and oxygen atoms in total. The molecule has 0 bridgehead atoms. The molecule has 0 radical (unpaired) electrons. The van der Waals surface area contributed by atoms with Crippen LogP contribution in [0.2, 0.25) is 0 Å². The lowest BCUT2D eigenvalue weighted by atomic mass is 10.1. The van der Waals surface area contributed by atoms with Gasteiger partial charge in [0.15, 0.2) is 5.96 Å². The number of ether oxygens (including phenoxy) is 2. The molecule has 1 heterocycles. The van der Waals surface area contributed by atoms with Crippen molar-refractivity contribution in [2.45, 2.75) is 39.5 Å². The maximum absolute atomic E-state index is 14.0. The van der Waals surface area contributed by atoms with Gasteiger partial charge >= 0.3 is 0 Å². The molecule has 1 aliphatic rings. The molecule has 0 amide bonds. The third kappa shape index (κ3) is 7.36. The summed E-state index contributed by atoms with van der Waals surface area (Å²) in [5.41, 5.74) is 2.93. The summed E-state index contributed by atoms with van der Waals surface area (Å²) in [4.78, 5) is 4.47. The second-order valence-corrected chi connectivity index (χ2v) is 7.18. The second kappa shape index (κ2) is 12.5. The van der Waals surface area contributed by atoms with E-state index < -0.39 is 0 Å². The summed E-state index contributed by atoms with van der Waals surface area (Å²) >= 11 is 0. The minimum atomic E-state index is -0.374. The smallest absolute Gasteiger partial charge is 0.191 e. The van der Waals surface area contributed by atoms with Gasteiger partial charge in [-0.25, -0.2) is 9.38 Å². The Balaban J connectivity index is 0.00000341. The Morgan fingerprint density at radius 2 is 2.10 bits per heavy atom. The van der Waals surface area contributed by atoms with E-state index in [4.69, 9.17) is 14.7 Å². The van der Waals surface area contributed by atoms with Crippen LogP contribution < -0.4 is 15.4 Å². The Morgan fingerprint density at radius 1 is 1.26 bits per heavy atom. The van der Waals surface area contributed by atoms with Crippen molar-refractivity contribution in [2.24, 2.45) is 4.99 Å². The molecule has 31 heavy (non-hydrogen) atoms. The molecule has 1 aliphatic heterocycles. The zero-order valence-corrected chi connectivity index (χ0v) is 20.1. The highest BCUT2D eigenvalue weighted by atomic mass is 127. The zero-order valence-electron chi connectivity index (χ0n) is 17.8. The van der Waals surface area contributed by atoms with Crippen molar-refractivity contribution in [1.82, 2.24) is 10.6 Å². The maximum Gasteiger partial charge on any atom is 0.191 e. The van der Waals surface area contributed by atoms with E-state index in [0.717, 1.165) is 29.9 Å². The average Bonchev–Trinajstić information content (AvgIpc) is 3.25. The van der Waals surface area contributed by atoms with Crippen molar-refractivity contribution >= 4 is 29.9 Å². The Hall–Kier alpha value is -2.38. The Kier molecular flexibility index (Phi) is 10.0. The van der Waals surface area contributed by atoms with Gasteiger partial charge in [0.2, 0.25) is 0 Å². The van der Waals surface area contributed by atoms with E-state index in [1.165, 1.54) is 18.2 Å². The van der Waals surface area contributed by atoms with Gasteiger partial charge in [0.1, 0.15) is 17.7 Å². The van der Waals surface area contributed by atoms with E-state index in [0.29, 0.717) is 36.8 Å². The van der Waals surface area contributed by atoms with Crippen LogP contribution in [0.3, 0.4) is 0 Å². The number of nitrogens with one attached hydrogen (secondary N) is 2. The van der Waals surface area contributed by atoms with Crippen LogP contribution >= 0.6 is 24.0 Å². The minimum Gasteiger partial charge on any atom is -0.488 e. The molecule has 1 atom stereocenters. The molecule has 1 unspecified atom stereocenters. The standard InChI is InChI=1S/C23H27FN4O2.HI/c1-3-26-23(28-14-19-11-17(12-25)5-7-21(19)24)27-13-18-6-4-16(2)10-22(18)30-20-8-9-29-15-20;/h4-7,10-11,20H,3,8-9,13-15H2,1-2H3,(H2,26,27,28);1H. The fourth-order valence-electron chi connectivity index (χ4n) is 3.15. The number of nitrogens with zero attached hydrogens (tertiary/aromatic N) is 2. The fourth-order valence-corrected chi connectivity index (χ4v) is 3.15. The van der Waals surface area contributed by atoms with E-state index >= 15 is 0 Å². The molecular weight excluding hydrogens is 510 g/mol. The molecular formula is C23H28FIN4O2. The number of nitriles is 1. The van der Waals surface area contributed by atoms with E-state index in [9.17, 15) is 4.39 Å². The highest BCUT2D eigenvalue weighted by Crippen LogP contribution is 2.23. The Morgan fingerprint density at radius 3 is 2.81 bits per heavy atom. The molecule has 0 aliphatic carbocycles. The number of rotatable bonds is 7. The molecule has 1 fully saturated rings. The molecule has 2 N–H and O–H groups in total. The van der Waals surface area contributed by atoms with Crippen LogP contribution in [0.5, 0.6) is 5.75 Å². The maximum atomic E-state index is 14.0. The normalized spacial score (nSPS) is 15.7. The lowest BCUT2D eigenvalue weighted by Gasteiger charge is -2.18. The topological polar surface area (TPSA) is 78.7 Å². The molecule has 3 rings (SSSR count). The van der Waals surface area contributed by atoms with Crippen LogP contribution in [-0.4, -0.2) is 31.8 Å². The Bertz CT molecular complexity index is 940. The van der Waals surface area contributed by atoms with Crippen molar-refractivity contribution in [1.29, 1.82) is 5.26 Å². The van der Waals surface area contributed by atoms with E-state index in [-0.39, 0.29) is 42.4 Å². The highest BCUT2D eigenvalue weighted by molar-refractivity contribution is 14.0. The average molecular weight is 538 g/mol. The van der Waals surface area contributed by atoms with Crippen LogP contribution in [0.15, 0.2) is 41.4 Å². The van der Waals surface area contributed by atoms with Crippen molar-refractivity contribution < 1.29 is 13.9 Å². The molecule has 2 aromatic carbocycles. The van der Waals surface area contributed by atoms with Gasteiger partial charge in [0.05, 0.1) is 31.4 Å². The first-order chi connectivity index (χ1) is 14.6. The quantitative estimate of drug-likeness (QED) is 0.316. The highest BCUT2D eigenvalue weighted by Gasteiger charge is 2.18. The van der Waals surface area contributed by atoms with Gasteiger partial charge in [0.25, 0.3) is 0 Å². The van der Waals surface area contributed by atoms with E-state index in [1.54, 1.807) is 0 Å². The predicted octanol–water partition coefficient (Wildman–Crippen LogP) is 4.05. The molecule has 0 aromatic heterocycles. The summed E-state index contributed by atoms with van der Waals surface area (Å²) in [7, 11) is 0. The fraction of sp³-hybridized carbons (Fsp3) is 0.391. The third-order valence-corrected chi connectivity index (χ3v) is 4.78. The number of halogens is 2. The van der Waals surface area contributed by atoms with Gasteiger partial charge in [-0.05, 0) is 43.7 Å². The summed E-state index contributed by atoms with van der Waals surface area (Å²) in [5.74, 6) is 1.03. The van der Waals surface area contributed by atoms with Crippen LogP contribution in [0, 0.1) is 24.1 Å². The van der Waals surface area contributed by atoms with E-state index in [1.807, 2.05) is 38.1 Å². The van der Waals surface area contributed by atoms with Gasteiger partial charge < -0.3 is 20.1 Å². The molecule has 0 spiro atoms. The van der Waals surface area contributed by atoms with Crippen LogP contribution in [0.1, 0.15) is 35.6 Å². The van der Waals surface area contributed by atoms with Crippen LogP contribution in [0.25, 0.3) is 0 Å². The van der Waals surface area contributed by atoms with E-state index in [2.05, 4.69) is 15.6 Å². The van der Waals surface area contributed by atoms with Crippen molar-refractivity contribution in [2.75, 3.05) is 19.8 Å². The number of guanidine groups is 1. The first-order valence-corrected chi connectivity index (χ1v) is 10.1. The van der Waals surface area contributed by atoms with Crippen LogP contribution in [0.4, 0.5) is 4.39 Å². The number of hydrogen-bond acceptors (Lipinski definition) is 4. The first kappa shape index (κ1) is 24.9. The number of hydrogen-bond donors (Lipinski definition) is 2. The van der Waals surface area contributed by atoms with Gasteiger partial charge in [-0.3, -0.25) is 0 Å². The minimum absolute atomic E-state index is 0. The van der Waals surface area contributed by atoms with Gasteiger partial charge in [-0.1, -0.05) is 12.1 Å². The molecule has 166 valence electrons. The Labute approximate surface area is 199 Å². The van der Waals surface area contributed by atoms with Crippen molar-refractivity contribution in [3.8, 4) is 11.8 Å². The summed E-state index contributed by atoms with van der Waals surface area (Å²) in [6.45, 7) is 6.65. The monoisotopic (exact) mass is 538 g/mol. The predicted molar refractivity (Wildman–Crippen MR) is 129 cm³/mol. The van der Waals surface area contributed by atoms with Gasteiger partial charge in [0, 0.05) is 30.6 Å². The number of aliphatic imine (C=N–C) groups is 1. The molecule has 2 aromatic rings. The zero-order chi connectivity index (χ0) is 21.3. The van der Waals surface area contributed by atoms with Crippen LogP contribution in [-0.2, 0) is 17.8 Å². The third-order valence-electron chi connectivity index (χ3n) is 4.78. The molecule has 8 heteroatoms. The largest absolute Gasteiger partial charge is 0.488 e. The molecule has 0 saturated carbocycles. The number of benzene rings is 2. The van der Waals surface area contributed by atoms with Gasteiger partial charge in [-0.2, -0.15) is 5.26 Å². The SMILES string of the molecule is CCNC(=NCc1cc(C#N)ccc1F)NCc1ccc(C)cc1OC1CCOC1.I. The second-order valence-electron chi connectivity index (χ2n) is 7.18. The van der Waals surface area contributed by atoms with Crippen molar-refractivity contribution in [3.63, 3.8) is 0 Å². The summed E-state index contributed by atoms with van der Waals surface area (Å²) < 4.78 is 25.6. The summed E-state index contributed by atoms with van der Waals surface area (Å²) in [6, 6.07) is 12.4. The number of aryl methyl sites for hydroxylation is 1. The lowest BCUT2D eigenvalue weighted by molar-refractivity contribution is 0.140. The summed E-state index contributed by atoms with van der Waals surface area (Å²) in [5, 5.41) is 15.5. The first-order valence-electron chi connectivity index (χ1n) is 10.1. The molecule has 1 saturated heterocycles.